The van der Waals surface area contributed by atoms with E-state index >= 15 is 0 Å². The first-order chi connectivity index (χ1) is 10.1. The second kappa shape index (κ2) is 8.23. The molecule has 1 aliphatic rings. The van der Waals surface area contributed by atoms with E-state index in [1.807, 2.05) is 0 Å². The fourth-order valence-electron chi connectivity index (χ4n) is 3.36. The highest BCUT2D eigenvalue weighted by atomic mass is 79.9. The number of likely N-dealkylation sites (N-methyl/N-ethyl adjacent to an activating group) is 1. The topological polar surface area (TPSA) is 12.0 Å². The minimum atomic E-state index is -0.452. The monoisotopic (exact) mass is 359 g/mol. The van der Waals surface area contributed by atoms with Crippen LogP contribution in [0.25, 0.3) is 0 Å². The van der Waals surface area contributed by atoms with E-state index in [0.717, 1.165) is 19.4 Å². The number of hydrogen-bond acceptors (Lipinski definition) is 1. The molecule has 0 aliphatic heterocycles. The van der Waals surface area contributed by atoms with Gasteiger partial charge in [-0.1, -0.05) is 32.6 Å². The zero-order valence-corrected chi connectivity index (χ0v) is 14.2. The van der Waals surface area contributed by atoms with Crippen molar-refractivity contribution < 1.29 is 8.78 Å². The number of halogens is 3. The van der Waals surface area contributed by atoms with Crippen molar-refractivity contribution in [3.8, 4) is 0 Å². The summed E-state index contributed by atoms with van der Waals surface area (Å²) in [7, 11) is 0. The molecule has 0 heterocycles. The summed E-state index contributed by atoms with van der Waals surface area (Å²) >= 11 is 3.16. The summed E-state index contributed by atoms with van der Waals surface area (Å²) in [4.78, 5) is 0. The van der Waals surface area contributed by atoms with Crippen LogP contribution in [0.15, 0.2) is 16.6 Å². The summed E-state index contributed by atoms with van der Waals surface area (Å²) in [5.41, 5.74) is 0.208. The van der Waals surface area contributed by atoms with Gasteiger partial charge in [0.2, 0.25) is 0 Å². The van der Waals surface area contributed by atoms with E-state index in [1.165, 1.54) is 37.8 Å². The molecular weight excluding hydrogens is 336 g/mol. The van der Waals surface area contributed by atoms with Gasteiger partial charge in [0.05, 0.1) is 4.47 Å². The van der Waals surface area contributed by atoms with Crippen molar-refractivity contribution in [2.24, 2.45) is 5.92 Å². The third-order valence-electron chi connectivity index (χ3n) is 4.50. The molecule has 0 radical (unpaired) electrons. The lowest BCUT2D eigenvalue weighted by Crippen LogP contribution is -2.38. The van der Waals surface area contributed by atoms with Gasteiger partial charge < -0.3 is 5.32 Å². The summed E-state index contributed by atoms with van der Waals surface area (Å²) in [5, 5.41) is 3.45. The molecule has 0 saturated heterocycles. The first-order valence-electron chi connectivity index (χ1n) is 7.99. The highest BCUT2D eigenvalue weighted by Gasteiger charge is 2.25. The van der Waals surface area contributed by atoms with E-state index in [1.54, 1.807) is 0 Å². The summed E-state index contributed by atoms with van der Waals surface area (Å²) in [5.74, 6) is -0.371. The minimum absolute atomic E-state index is 0.159. The van der Waals surface area contributed by atoms with E-state index in [4.69, 9.17) is 0 Å². The molecule has 1 aliphatic carbocycles. The smallest absolute Gasteiger partial charge is 0.143 e. The fourth-order valence-corrected chi connectivity index (χ4v) is 3.73. The Morgan fingerprint density at radius 1 is 1.19 bits per heavy atom. The van der Waals surface area contributed by atoms with Gasteiger partial charge in [-0.15, -0.1) is 0 Å². The molecule has 1 fully saturated rings. The largest absolute Gasteiger partial charge is 0.314 e. The molecular formula is C17H24BrF2N. The van der Waals surface area contributed by atoms with Crippen molar-refractivity contribution in [2.45, 2.75) is 57.9 Å². The van der Waals surface area contributed by atoms with Crippen LogP contribution in [0.2, 0.25) is 0 Å². The Morgan fingerprint density at radius 2 is 1.86 bits per heavy atom. The lowest BCUT2D eigenvalue weighted by molar-refractivity contribution is 0.316. The molecule has 1 aromatic carbocycles. The highest BCUT2D eigenvalue weighted by Crippen LogP contribution is 2.29. The lowest BCUT2D eigenvalue weighted by atomic mass is 9.87. The Bertz CT molecular complexity index is 456. The molecule has 21 heavy (non-hydrogen) atoms. The summed E-state index contributed by atoms with van der Waals surface area (Å²) in [6.45, 7) is 2.88. The highest BCUT2D eigenvalue weighted by molar-refractivity contribution is 9.10. The quantitative estimate of drug-likeness (QED) is 0.561. The molecule has 1 saturated carbocycles. The molecule has 118 valence electrons. The maximum Gasteiger partial charge on any atom is 0.143 e. The summed E-state index contributed by atoms with van der Waals surface area (Å²) in [6.07, 6.45) is 7.79. The molecule has 0 aromatic heterocycles. The van der Waals surface area contributed by atoms with Crippen molar-refractivity contribution >= 4 is 15.9 Å². The Labute approximate surface area is 134 Å². The van der Waals surface area contributed by atoms with Gasteiger partial charge in [0, 0.05) is 11.6 Å². The van der Waals surface area contributed by atoms with E-state index in [9.17, 15) is 8.78 Å². The Kier molecular flexibility index (Phi) is 6.62. The zero-order chi connectivity index (χ0) is 15.2. The zero-order valence-electron chi connectivity index (χ0n) is 12.6. The third-order valence-corrected chi connectivity index (χ3v) is 5.11. The second-order valence-corrected chi connectivity index (χ2v) is 6.80. The average Bonchev–Trinajstić information content (AvgIpc) is 2.75. The van der Waals surface area contributed by atoms with Gasteiger partial charge in [0.1, 0.15) is 11.6 Å². The van der Waals surface area contributed by atoms with Crippen LogP contribution in [-0.2, 0) is 6.42 Å². The van der Waals surface area contributed by atoms with Crippen LogP contribution in [0.5, 0.6) is 0 Å². The molecule has 1 nitrogen and oxygen atoms in total. The van der Waals surface area contributed by atoms with Crippen molar-refractivity contribution in [1.82, 2.24) is 5.32 Å². The van der Waals surface area contributed by atoms with Crippen LogP contribution >= 0.6 is 15.9 Å². The fraction of sp³-hybridized carbons (Fsp3) is 0.647. The molecule has 4 heteroatoms. The van der Waals surface area contributed by atoms with Crippen LogP contribution < -0.4 is 5.32 Å². The van der Waals surface area contributed by atoms with Gasteiger partial charge in [0.25, 0.3) is 0 Å². The van der Waals surface area contributed by atoms with Crippen molar-refractivity contribution in [3.63, 3.8) is 0 Å². The minimum Gasteiger partial charge on any atom is -0.314 e. The second-order valence-electron chi connectivity index (χ2n) is 5.94. The van der Waals surface area contributed by atoms with Gasteiger partial charge in [-0.05, 0) is 59.8 Å². The van der Waals surface area contributed by atoms with Crippen LogP contribution in [-0.4, -0.2) is 12.6 Å². The van der Waals surface area contributed by atoms with E-state index < -0.39 is 11.6 Å². The van der Waals surface area contributed by atoms with Crippen LogP contribution in [0.1, 0.15) is 51.0 Å². The lowest BCUT2D eigenvalue weighted by Gasteiger charge is -2.27. The third kappa shape index (κ3) is 4.49. The van der Waals surface area contributed by atoms with Gasteiger partial charge in [-0.25, -0.2) is 8.78 Å². The van der Waals surface area contributed by atoms with Crippen molar-refractivity contribution in [2.75, 3.05) is 6.54 Å². The Morgan fingerprint density at radius 3 is 2.48 bits per heavy atom. The van der Waals surface area contributed by atoms with Crippen LogP contribution in [0, 0.1) is 17.6 Å². The first-order valence-corrected chi connectivity index (χ1v) is 8.78. The number of nitrogens with one attached hydrogen (secondary N) is 1. The number of hydrogen-bond donors (Lipinski definition) is 1. The van der Waals surface area contributed by atoms with E-state index in [-0.39, 0.29) is 11.6 Å². The van der Waals surface area contributed by atoms with E-state index in [0.29, 0.717) is 16.8 Å². The predicted octanol–water partition coefficient (Wildman–Crippen LogP) is 5.22. The van der Waals surface area contributed by atoms with Gasteiger partial charge >= 0.3 is 0 Å². The Hall–Kier alpha value is -0.480. The molecule has 2 rings (SSSR count). The molecule has 1 N–H and O–H groups in total. The first kappa shape index (κ1) is 16.9. The molecule has 0 bridgehead atoms. The SMILES string of the molecule is CCNC(Cc1c(F)ccc(Br)c1F)C1CCCCCC1. The number of rotatable bonds is 5. The van der Waals surface area contributed by atoms with Crippen molar-refractivity contribution in [3.05, 3.63) is 33.8 Å². The summed E-state index contributed by atoms with van der Waals surface area (Å²) in [6, 6.07) is 2.94. The number of benzene rings is 1. The Balaban J connectivity index is 2.17. The maximum atomic E-state index is 14.2. The molecule has 0 amide bonds. The molecule has 1 aromatic rings. The standard InChI is InChI=1S/C17H24BrF2N/c1-2-21-16(12-7-5-3-4-6-8-12)11-13-15(19)10-9-14(18)17(13)20/h9-10,12,16,21H,2-8,11H2,1H3. The molecule has 1 unspecified atom stereocenters. The van der Waals surface area contributed by atoms with Crippen molar-refractivity contribution in [1.29, 1.82) is 0 Å². The van der Waals surface area contributed by atoms with Crippen LogP contribution in [0.3, 0.4) is 0 Å². The molecule has 0 spiro atoms. The maximum absolute atomic E-state index is 14.2. The van der Waals surface area contributed by atoms with Gasteiger partial charge in [-0.2, -0.15) is 0 Å². The van der Waals surface area contributed by atoms with Crippen LogP contribution in [0.4, 0.5) is 8.78 Å². The van der Waals surface area contributed by atoms with Gasteiger partial charge in [-0.3, -0.25) is 0 Å². The predicted molar refractivity (Wildman–Crippen MR) is 86.4 cm³/mol. The van der Waals surface area contributed by atoms with E-state index in [2.05, 4.69) is 28.2 Å². The van der Waals surface area contributed by atoms with Gasteiger partial charge in [0.15, 0.2) is 0 Å². The molecule has 1 atom stereocenters. The normalized spacial score (nSPS) is 18.5. The summed E-state index contributed by atoms with van der Waals surface area (Å²) < 4.78 is 28.5. The average molecular weight is 360 g/mol.